The first kappa shape index (κ1) is 25.5. The van der Waals surface area contributed by atoms with Crippen molar-refractivity contribution in [1.29, 1.82) is 0 Å². The second-order valence-corrected chi connectivity index (χ2v) is 9.22. The van der Waals surface area contributed by atoms with Gasteiger partial charge in [0, 0.05) is 28.6 Å². The van der Waals surface area contributed by atoms with Crippen molar-refractivity contribution in [2.75, 3.05) is 27.2 Å². The molecular formula is C28H28F3N3O2. The molecule has 1 aromatic heterocycles. The standard InChI is InChI=1S/C24H19F3N2O2.C4H9N/c1-15-5-6-17(31-2)14-19(15)22(30)29-23(9-10-23)20-12-16(7-8-24(25,26)27)13-21-18(20)4-3-11-28-21;1-5-3-2-4-5/h3-6,11-14H,9-10H2,1-2H3,(H,29,30);2-4H2,1H3. The molecule has 2 heterocycles. The number of aromatic nitrogens is 1. The molecule has 0 bridgehead atoms. The number of alkyl halides is 3. The number of hydrogen-bond donors (Lipinski definition) is 1. The predicted octanol–water partition coefficient (Wildman–Crippen LogP) is 5.21. The summed E-state index contributed by atoms with van der Waals surface area (Å²) in [5.74, 6) is 3.79. The number of ether oxygens (including phenoxy) is 1. The summed E-state index contributed by atoms with van der Waals surface area (Å²) in [6, 6.07) is 12.0. The van der Waals surface area contributed by atoms with E-state index in [1.165, 1.54) is 38.6 Å². The number of nitrogens with one attached hydrogen (secondary N) is 1. The zero-order chi connectivity index (χ0) is 25.9. The molecule has 0 spiro atoms. The van der Waals surface area contributed by atoms with E-state index in [0.717, 1.165) is 16.5 Å². The van der Waals surface area contributed by atoms with Gasteiger partial charge in [0.2, 0.25) is 0 Å². The van der Waals surface area contributed by atoms with Gasteiger partial charge in [-0.05, 0) is 87.8 Å². The Morgan fingerprint density at radius 2 is 1.89 bits per heavy atom. The Bertz CT molecular complexity index is 1330. The van der Waals surface area contributed by atoms with E-state index < -0.39 is 11.7 Å². The van der Waals surface area contributed by atoms with Crippen molar-refractivity contribution in [2.45, 2.75) is 37.9 Å². The van der Waals surface area contributed by atoms with Crippen LogP contribution in [0.4, 0.5) is 13.2 Å². The Kier molecular flexibility index (Phi) is 7.23. The van der Waals surface area contributed by atoms with E-state index in [1.807, 2.05) is 13.0 Å². The molecule has 0 radical (unpaired) electrons. The van der Waals surface area contributed by atoms with Gasteiger partial charge in [-0.25, -0.2) is 0 Å². The zero-order valence-electron chi connectivity index (χ0n) is 20.5. The number of pyridine rings is 1. The van der Waals surface area contributed by atoms with E-state index in [-0.39, 0.29) is 11.5 Å². The summed E-state index contributed by atoms with van der Waals surface area (Å²) >= 11 is 0. The second kappa shape index (κ2) is 10.2. The Hall–Kier alpha value is -3.57. The smallest absolute Gasteiger partial charge is 0.458 e. The number of benzene rings is 2. The van der Waals surface area contributed by atoms with Crippen molar-refractivity contribution in [1.82, 2.24) is 15.2 Å². The SMILES string of the molecule is CN1CCC1.COc1ccc(C)c(C(=O)NC2(c3cc(C#CC(F)(F)F)cc4ncccc34)CC2)c1. The first-order chi connectivity index (χ1) is 17.1. The number of fused-ring (bicyclic) bond motifs is 1. The van der Waals surface area contributed by atoms with Crippen LogP contribution in [-0.4, -0.2) is 49.2 Å². The molecule has 1 N–H and O–H groups in total. The van der Waals surface area contributed by atoms with Crippen molar-refractivity contribution in [2.24, 2.45) is 0 Å². The van der Waals surface area contributed by atoms with E-state index in [9.17, 15) is 18.0 Å². The number of carbonyl (C=O) groups is 1. The fourth-order valence-corrected chi connectivity index (χ4v) is 4.11. The maximum atomic E-state index is 13.1. The molecule has 8 heteroatoms. The fourth-order valence-electron chi connectivity index (χ4n) is 4.11. The van der Waals surface area contributed by atoms with E-state index in [1.54, 1.807) is 36.5 Å². The monoisotopic (exact) mass is 495 g/mol. The largest absolute Gasteiger partial charge is 0.497 e. The minimum absolute atomic E-state index is 0.205. The highest BCUT2D eigenvalue weighted by Crippen LogP contribution is 2.48. The Morgan fingerprint density at radius 1 is 1.17 bits per heavy atom. The predicted molar refractivity (Wildman–Crippen MR) is 133 cm³/mol. The van der Waals surface area contributed by atoms with E-state index in [4.69, 9.17) is 4.74 Å². The number of rotatable bonds is 4. The zero-order valence-corrected chi connectivity index (χ0v) is 20.5. The molecule has 0 atom stereocenters. The van der Waals surface area contributed by atoms with Gasteiger partial charge in [-0.1, -0.05) is 18.1 Å². The van der Waals surface area contributed by atoms with Gasteiger partial charge in [0.05, 0.1) is 18.2 Å². The van der Waals surface area contributed by atoms with Gasteiger partial charge in [0.15, 0.2) is 0 Å². The summed E-state index contributed by atoms with van der Waals surface area (Å²) < 4.78 is 43.0. The highest BCUT2D eigenvalue weighted by atomic mass is 19.4. The average Bonchev–Trinajstić information content (AvgIpc) is 3.61. The Labute approximate surface area is 208 Å². The molecule has 1 saturated carbocycles. The highest BCUT2D eigenvalue weighted by Gasteiger charge is 2.47. The van der Waals surface area contributed by atoms with Crippen LogP contribution in [-0.2, 0) is 5.54 Å². The third-order valence-electron chi connectivity index (χ3n) is 6.46. The summed E-state index contributed by atoms with van der Waals surface area (Å²) in [4.78, 5) is 19.7. The number of amides is 1. The number of nitrogens with zero attached hydrogens (tertiary/aromatic N) is 2. The van der Waals surface area contributed by atoms with Crippen LogP contribution in [0.25, 0.3) is 10.9 Å². The van der Waals surface area contributed by atoms with Gasteiger partial charge in [0.25, 0.3) is 5.91 Å². The Balaban J connectivity index is 0.000000543. The topological polar surface area (TPSA) is 54.5 Å². The maximum Gasteiger partial charge on any atom is 0.458 e. The lowest BCUT2D eigenvalue weighted by atomic mass is 9.95. The fraction of sp³-hybridized carbons (Fsp3) is 0.357. The van der Waals surface area contributed by atoms with Crippen molar-refractivity contribution in [3.63, 3.8) is 0 Å². The normalized spacial score (nSPS) is 16.1. The third-order valence-corrected chi connectivity index (χ3v) is 6.46. The molecule has 2 aromatic carbocycles. The summed E-state index contributed by atoms with van der Waals surface area (Å²) in [5.41, 5.74) is 2.07. The molecule has 1 saturated heterocycles. The molecular weight excluding hydrogens is 467 g/mol. The molecule has 0 unspecified atom stereocenters. The van der Waals surface area contributed by atoms with E-state index in [0.29, 0.717) is 29.7 Å². The highest BCUT2D eigenvalue weighted by molar-refractivity contribution is 5.97. The summed E-state index contributed by atoms with van der Waals surface area (Å²) in [6.07, 6.45) is -0.264. The number of carbonyl (C=O) groups excluding carboxylic acids is 1. The van der Waals surface area contributed by atoms with E-state index >= 15 is 0 Å². The quantitative estimate of drug-likeness (QED) is 0.505. The van der Waals surface area contributed by atoms with Crippen molar-refractivity contribution < 1.29 is 22.7 Å². The van der Waals surface area contributed by atoms with Gasteiger partial charge >= 0.3 is 6.18 Å². The first-order valence-electron chi connectivity index (χ1n) is 11.8. The van der Waals surface area contributed by atoms with Crippen LogP contribution in [0.15, 0.2) is 48.7 Å². The number of aryl methyl sites for hydroxylation is 1. The minimum Gasteiger partial charge on any atom is -0.497 e. The summed E-state index contributed by atoms with van der Waals surface area (Å²) in [5, 5.41) is 3.87. The number of likely N-dealkylation sites (tertiary alicyclic amines) is 1. The van der Waals surface area contributed by atoms with Crippen LogP contribution in [0.3, 0.4) is 0 Å². The number of methoxy groups -OCH3 is 1. The molecule has 188 valence electrons. The van der Waals surface area contributed by atoms with Crippen LogP contribution in [0.5, 0.6) is 5.75 Å². The lowest BCUT2D eigenvalue weighted by Gasteiger charge is -2.24. The second-order valence-electron chi connectivity index (χ2n) is 9.22. The molecule has 1 aliphatic heterocycles. The molecule has 5 nitrogen and oxygen atoms in total. The Morgan fingerprint density at radius 3 is 2.47 bits per heavy atom. The van der Waals surface area contributed by atoms with Crippen LogP contribution < -0.4 is 10.1 Å². The average molecular weight is 496 g/mol. The number of hydrogen-bond acceptors (Lipinski definition) is 4. The molecule has 2 aliphatic rings. The van der Waals surface area contributed by atoms with Gasteiger partial charge in [-0.2, -0.15) is 13.2 Å². The van der Waals surface area contributed by atoms with Crippen LogP contribution in [0.1, 0.15) is 46.3 Å². The lowest BCUT2D eigenvalue weighted by molar-refractivity contribution is -0.0696. The molecule has 2 fully saturated rings. The van der Waals surface area contributed by atoms with Crippen molar-refractivity contribution in [3.05, 3.63) is 70.9 Å². The minimum atomic E-state index is -4.59. The molecule has 1 amide bonds. The van der Waals surface area contributed by atoms with Gasteiger partial charge in [0.1, 0.15) is 5.75 Å². The molecule has 36 heavy (non-hydrogen) atoms. The van der Waals surface area contributed by atoms with Gasteiger partial charge in [-0.3, -0.25) is 9.78 Å². The maximum absolute atomic E-state index is 13.1. The van der Waals surface area contributed by atoms with Crippen LogP contribution in [0.2, 0.25) is 0 Å². The van der Waals surface area contributed by atoms with Gasteiger partial charge < -0.3 is 15.0 Å². The molecule has 3 aromatic rings. The van der Waals surface area contributed by atoms with Gasteiger partial charge in [-0.15, -0.1) is 0 Å². The number of halogens is 3. The first-order valence-corrected chi connectivity index (χ1v) is 11.8. The van der Waals surface area contributed by atoms with Crippen LogP contribution in [0, 0.1) is 18.8 Å². The third kappa shape index (κ3) is 5.97. The van der Waals surface area contributed by atoms with Crippen molar-refractivity contribution in [3.8, 4) is 17.6 Å². The molecule has 5 rings (SSSR count). The molecule has 1 aliphatic carbocycles. The summed E-state index contributed by atoms with van der Waals surface area (Å²) in [7, 11) is 3.67. The lowest BCUT2D eigenvalue weighted by Crippen LogP contribution is -2.35. The van der Waals surface area contributed by atoms with E-state index in [2.05, 4.69) is 28.2 Å². The van der Waals surface area contributed by atoms with Crippen LogP contribution >= 0.6 is 0 Å². The van der Waals surface area contributed by atoms with Crippen molar-refractivity contribution >= 4 is 16.8 Å². The summed E-state index contributed by atoms with van der Waals surface area (Å²) in [6.45, 7) is 4.47.